The Kier molecular flexibility index (Phi) is 2.61. The fourth-order valence-corrected chi connectivity index (χ4v) is 1.17. The molecule has 0 atom stereocenters. The van der Waals surface area contributed by atoms with Crippen molar-refractivity contribution in [2.45, 2.75) is 0 Å². The highest BCUT2D eigenvalue weighted by Crippen LogP contribution is 2.07. The fourth-order valence-electron chi connectivity index (χ4n) is 0.727. The molecular weight excluding hydrogens is 226 g/mol. The first kappa shape index (κ1) is 8.95. The number of amides is 1. The van der Waals surface area contributed by atoms with Gasteiger partial charge in [-0.05, 0) is 22.0 Å². The zero-order valence-corrected chi connectivity index (χ0v) is 7.54. The zero-order chi connectivity index (χ0) is 9.14. The Morgan fingerprint density at radius 3 is 2.83 bits per heavy atom. The Morgan fingerprint density at radius 1 is 1.67 bits per heavy atom. The molecule has 0 saturated carbocycles. The van der Waals surface area contributed by atoms with Gasteiger partial charge in [-0.15, -0.1) is 0 Å². The average Bonchev–Trinajstić information content (AvgIpc) is 2.01. The minimum Gasteiger partial charge on any atom is -0.619 e. The first-order valence-corrected chi connectivity index (χ1v) is 3.83. The lowest BCUT2D eigenvalue weighted by Gasteiger charge is -2.00. The van der Waals surface area contributed by atoms with Crippen LogP contribution in [0.25, 0.3) is 0 Å². The molecule has 0 unspecified atom stereocenters. The molecule has 12 heavy (non-hydrogen) atoms. The van der Waals surface area contributed by atoms with Crippen LogP contribution in [0.2, 0.25) is 0 Å². The van der Waals surface area contributed by atoms with Gasteiger partial charge in [0.1, 0.15) is 5.56 Å². The number of pyridine rings is 1. The van der Waals surface area contributed by atoms with Crippen molar-refractivity contribution in [2.24, 2.45) is 5.84 Å². The maximum Gasteiger partial charge on any atom is 0.271 e. The van der Waals surface area contributed by atoms with Crippen LogP contribution < -0.4 is 16.0 Å². The summed E-state index contributed by atoms with van der Waals surface area (Å²) in [6.07, 6.45) is 2.42. The molecular formula is C6H6BrN3O2. The van der Waals surface area contributed by atoms with E-state index in [0.29, 0.717) is 9.20 Å². The number of hydrogen-bond donors (Lipinski definition) is 2. The molecule has 0 aliphatic heterocycles. The normalized spacial score (nSPS) is 9.50. The summed E-state index contributed by atoms with van der Waals surface area (Å²) in [6.45, 7) is 0. The summed E-state index contributed by atoms with van der Waals surface area (Å²) in [5.41, 5.74) is 2.13. The predicted molar refractivity (Wildman–Crippen MR) is 44.8 cm³/mol. The second-order valence-corrected chi connectivity index (χ2v) is 2.99. The van der Waals surface area contributed by atoms with E-state index in [1.807, 2.05) is 5.43 Å². The number of hydrazine groups is 1. The standard InChI is InChI=1S/C6H6BrN3O2/c7-5-1-4(6(11)9-8)2-10(12)3-5/h1-3H,8H2,(H,9,11). The van der Waals surface area contributed by atoms with Gasteiger partial charge in [-0.25, -0.2) is 5.84 Å². The van der Waals surface area contributed by atoms with Gasteiger partial charge < -0.3 is 5.21 Å². The Labute approximate surface area is 76.9 Å². The summed E-state index contributed by atoms with van der Waals surface area (Å²) in [7, 11) is 0. The molecule has 0 bridgehead atoms. The topological polar surface area (TPSA) is 82.1 Å². The van der Waals surface area contributed by atoms with Gasteiger partial charge in [0, 0.05) is 0 Å². The summed E-state index contributed by atoms with van der Waals surface area (Å²) >= 11 is 3.07. The quantitative estimate of drug-likeness (QED) is 0.229. The molecule has 0 aromatic carbocycles. The van der Waals surface area contributed by atoms with Crippen LogP contribution in [0.4, 0.5) is 0 Å². The van der Waals surface area contributed by atoms with E-state index in [4.69, 9.17) is 5.84 Å². The molecule has 64 valence electrons. The highest BCUT2D eigenvalue weighted by atomic mass is 79.9. The minimum atomic E-state index is -0.499. The van der Waals surface area contributed by atoms with E-state index >= 15 is 0 Å². The number of nitrogens with one attached hydrogen (secondary N) is 1. The molecule has 1 amide bonds. The second-order valence-electron chi connectivity index (χ2n) is 2.08. The molecule has 1 rings (SSSR count). The van der Waals surface area contributed by atoms with Crippen molar-refractivity contribution >= 4 is 21.8 Å². The lowest BCUT2D eigenvalue weighted by molar-refractivity contribution is -0.606. The Hall–Kier alpha value is -1.14. The predicted octanol–water partition coefficient (Wildman–Crippen LogP) is -0.314. The lowest BCUT2D eigenvalue weighted by Crippen LogP contribution is -2.33. The summed E-state index contributed by atoms with van der Waals surface area (Å²) in [6, 6.07) is 1.50. The number of nitrogens with zero attached hydrogens (tertiary/aromatic N) is 1. The Morgan fingerprint density at radius 2 is 2.33 bits per heavy atom. The molecule has 6 heteroatoms. The lowest BCUT2D eigenvalue weighted by atomic mass is 10.3. The van der Waals surface area contributed by atoms with Crippen LogP contribution in [0.15, 0.2) is 22.9 Å². The van der Waals surface area contributed by atoms with Gasteiger partial charge in [-0.1, -0.05) is 0 Å². The smallest absolute Gasteiger partial charge is 0.271 e. The van der Waals surface area contributed by atoms with Crippen molar-refractivity contribution in [3.63, 3.8) is 0 Å². The van der Waals surface area contributed by atoms with Crippen LogP contribution >= 0.6 is 15.9 Å². The first-order valence-electron chi connectivity index (χ1n) is 3.04. The van der Waals surface area contributed by atoms with E-state index in [-0.39, 0.29) is 5.56 Å². The summed E-state index contributed by atoms with van der Waals surface area (Å²) < 4.78 is 1.05. The Bertz CT molecular complexity index is 295. The highest BCUT2D eigenvalue weighted by molar-refractivity contribution is 9.10. The van der Waals surface area contributed by atoms with E-state index in [9.17, 15) is 10.0 Å². The maximum atomic E-state index is 10.9. The van der Waals surface area contributed by atoms with E-state index < -0.39 is 5.91 Å². The number of aromatic nitrogens is 1. The van der Waals surface area contributed by atoms with E-state index in [0.717, 1.165) is 6.20 Å². The fraction of sp³-hybridized carbons (Fsp3) is 0. The molecule has 0 radical (unpaired) electrons. The van der Waals surface area contributed by atoms with Gasteiger partial charge in [-0.2, -0.15) is 4.73 Å². The van der Waals surface area contributed by atoms with Crippen molar-refractivity contribution < 1.29 is 9.52 Å². The number of nitrogens with two attached hydrogens (primary N) is 1. The van der Waals surface area contributed by atoms with Crippen LogP contribution in [-0.2, 0) is 0 Å². The molecule has 1 aromatic rings. The maximum absolute atomic E-state index is 10.9. The third kappa shape index (κ3) is 1.93. The number of halogens is 1. The van der Waals surface area contributed by atoms with Gasteiger partial charge in [-0.3, -0.25) is 10.2 Å². The van der Waals surface area contributed by atoms with Gasteiger partial charge in [0.15, 0.2) is 12.4 Å². The average molecular weight is 232 g/mol. The number of nitrogen functional groups attached to an aromatic ring is 1. The third-order valence-electron chi connectivity index (χ3n) is 1.20. The van der Waals surface area contributed by atoms with E-state index in [1.165, 1.54) is 12.3 Å². The number of carbonyl (C=O) groups is 1. The van der Waals surface area contributed by atoms with Crippen LogP contribution in [0.5, 0.6) is 0 Å². The third-order valence-corrected chi connectivity index (χ3v) is 1.64. The molecule has 0 saturated heterocycles. The van der Waals surface area contributed by atoms with Gasteiger partial charge in [0.2, 0.25) is 0 Å². The van der Waals surface area contributed by atoms with Crippen molar-refractivity contribution in [1.29, 1.82) is 0 Å². The molecule has 0 spiro atoms. The molecule has 1 heterocycles. The summed E-state index contributed by atoms with van der Waals surface area (Å²) in [5, 5.41) is 10.8. The number of hydrogen-bond acceptors (Lipinski definition) is 3. The molecule has 0 aliphatic rings. The monoisotopic (exact) mass is 231 g/mol. The summed E-state index contributed by atoms with van der Waals surface area (Å²) in [5.74, 6) is 4.38. The largest absolute Gasteiger partial charge is 0.619 e. The van der Waals surface area contributed by atoms with Crippen LogP contribution in [0.3, 0.4) is 0 Å². The van der Waals surface area contributed by atoms with Crippen molar-refractivity contribution in [1.82, 2.24) is 5.43 Å². The zero-order valence-electron chi connectivity index (χ0n) is 5.95. The van der Waals surface area contributed by atoms with Gasteiger partial charge in [0.05, 0.1) is 4.47 Å². The van der Waals surface area contributed by atoms with Crippen LogP contribution in [0.1, 0.15) is 10.4 Å². The van der Waals surface area contributed by atoms with Gasteiger partial charge in [0.25, 0.3) is 5.91 Å². The van der Waals surface area contributed by atoms with E-state index in [2.05, 4.69) is 15.9 Å². The molecule has 0 fully saturated rings. The minimum absolute atomic E-state index is 0.210. The van der Waals surface area contributed by atoms with Gasteiger partial charge >= 0.3 is 0 Å². The Balaban J connectivity index is 3.08. The van der Waals surface area contributed by atoms with Crippen molar-refractivity contribution in [3.8, 4) is 0 Å². The van der Waals surface area contributed by atoms with Crippen LogP contribution in [0, 0.1) is 5.21 Å². The van der Waals surface area contributed by atoms with Crippen molar-refractivity contribution in [2.75, 3.05) is 0 Å². The summed E-state index contributed by atoms with van der Waals surface area (Å²) in [4.78, 5) is 10.9. The van der Waals surface area contributed by atoms with Crippen molar-refractivity contribution in [3.05, 3.63) is 33.7 Å². The number of carbonyl (C=O) groups excluding carboxylic acids is 1. The first-order chi connectivity index (χ1) is 5.63. The van der Waals surface area contributed by atoms with Crippen LogP contribution in [-0.4, -0.2) is 5.91 Å². The molecule has 0 aliphatic carbocycles. The second kappa shape index (κ2) is 3.51. The SMILES string of the molecule is NNC(=O)c1cc(Br)c[n+]([O-])c1. The highest BCUT2D eigenvalue weighted by Gasteiger charge is 2.08. The molecule has 5 nitrogen and oxygen atoms in total. The molecule has 3 N–H and O–H groups in total. The van der Waals surface area contributed by atoms with E-state index in [1.54, 1.807) is 0 Å². The molecule has 1 aromatic heterocycles. The number of rotatable bonds is 1.